The molecule has 0 radical (unpaired) electrons. The molecule has 1 heterocycles. The molecule has 1 N–H and O–H groups in total. The Bertz CT molecular complexity index is 300. The van der Waals surface area contributed by atoms with E-state index in [2.05, 4.69) is 5.32 Å². The van der Waals surface area contributed by atoms with Gasteiger partial charge in [-0.25, -0.2) is 4.39 Å². The van der Waals surface area contributed by atoms with E-state index < -0.39 is 6.17 Å². The van der Waals surface area contributed by atoms with Crippen molar-refractivity contribution in [3.05, 3.63) is 23.8 Å². The zero-order valence-electron chi connectivity index (χ0n) is 7.51. The van der Waals surface area contributed by atoms with Gasteiger partial charge in [-0.3, -0.25) is 0 Å². The third-order valence-electron chi connectivity index (χ3n) is 2.29. The molecule has 0 spiro atoms. The summed E-state index contributed by atoms with van der Waals surface area (Å²) in [6, 6.07) is 5.71. The van der Waals surface area contributed by atoms with Crippen molar-refractivity contribution in [1.82, 2.24) is 0 Å². The Hall–Kier alpha value is -1.25. The van der Waals surface area contributed by atoms with Gasteiger partial charge in [-0.2, -0.15) is 0 Å². The Morgan fingerprint density at radius 2 is 2.38 bits per heavy atom. The van der Waals surface area contributed by atoms with Gasteiger partial charge in [0.1, 0.15) is 11.9 Å². The van der Waals surface area contributed by atoms with Crippen LogP contribution in [0.2, 0.25) is 0 Å². The summed E-state index contributed by atoms with van der Waals surface area (Å²) in [6.07, 6.45) is -0.351. The monoisotopic (exact) mass is 181 g/mol. The molecule has 0 fully saturated rings. The minimum Gasteiger partial charge on any atom is -0.496 e. The molecule has 0 saturated carbocycles. The van der Waals surface area contributed by atoms with Crippen LogP contribution in [0.15, 0.2) is 18.2 Å². The smallest absolute Gasteiger partial charge is 0.124 e. The Balaban J connectivity index is 2.41. The van der Waals surface area contributed by atoms with Crippen molar-refractivity contribution in [2.75, 3.05) is 19.0 Å². The highest BCUT2D eigenvalue weighted by atomic mass is 19.1. The minimum absolute atomic E-state index is 0.403. The lowest BCUT2D eigenvalue weighted by atomic mass is 10.0. The first-order valence-corrected chi connectivity index (χ1v) is 4.35. The average molecular weight is 181 g/mol. The SMILES string of the molecule is COc1cccc2c1CC(F)CN2. The van der Waals surface area contributed by atoms with Gasteiger partial charge in [-0.1, -0.05) is 6.07 Å². The first kappa shape index (κ1) is 8.35. The molecule has 1 aliphatic heterocycles. The fraction of sp³-hybridized carbons (Fsp3) is 0.400. The van der Waals surface area contributed by atoms with E-state index in [1.807, 2.05) is 18.2 Å². The molecule has 13 heavy (non-hydrogen) atoms. The maximum atomic E-state index is 13.1. The van der Waals surface area contributed by atoms with Gasteiger partial charge in [0.25, 0.3) is 0 Å². The fourth-order valence-corrected chi connectivity index (χ4v) is 1.65. The standard InChI is InChI=1S/C10H12FNO/c1-13-10-4-2-3-9-8(10)5-7(11)6-12-9/h2-4,7,12H,5-6H2,1H3. The predicted molar refractivity (Wildman–Crippen MR) is 50.1 cm³/mol. The maximum absolute atomic E-state index is 13.1. The van der Waals surface area contributed by atoms with Crippen LogP contribution in [-0.4, -0.2) is 19.8 Å². The summed E-state index contributed by atoms with van der Waals surface area (Å²) in [4.78, 5) is 0. The zero-order valence-corrected chi connectivity index (χ0v) is 7.51. The van der Waals surface area contributed by atoms with Crippen LogP contribution in [0.4, 0.5) is 10.1 Å². The van der Waals surface area contributed by atoms with Gasteiger partial charge in [0.05, 0.1) is 7.11 Å². The molecule has 3 heteroatoms. The van der Waals surface area contributed by atoms with E-state index in [1.54, 1.807) is 7.11 Å². The summed E-state index contributed by atoms with van der Waals surface area (Å²) >= 11 is 0. The molecule has 1 aromatic rings. The highest BCUT2D eigenvalue weighted by molar-refractivity contribution is 5.59. The third kappa shape index (κ3) is 1.46. The molecule has 70 valence electrons. The number of fused-ring (bicyclic) bond motifs is 1. The van der Waals surface area contributed by atoms with E-state index in [0.29, 0.717) is 13.0 Å². The molecule has 1 aromatic carbocycles. The van der Waals surface area contributed by atoms with Crippen molar-refractivity contribution in [2.45, 2.75) is 12.6 Å². The first-order valence-electron chi connectivity index (χ1n) is 4.35. The number of methoxy groups -OCH3 is 1. The highest BCUT2D eigenvalue weighted by Crippen LogP contribution is 2.31. The van der Waals surface area contributed by atoms with Crippen LogP contribution in [0.5, 0.6) is 5.75 Å². The number of anilines is 1. The maximum Gasteiger partial charge on any atom is 0.124 e. The van der Waals surface area contributed by atoms with Crippen molar-refractivity contribution in [3.8, 4) is 5.75 Å². The van der Waals surface area contributed by atoms with Crippen LogP contribution in [0.1, 0.15) is 5.56 Å². The first-order chi connectivity index (χ1) is 6.31. The Kier molecular flexibility index (Phi) is 2.08. The average Bonchev–Trinajstić information content (AvgIpc) is 2.17. The third-order valence-corrected chi connectivity index (χ3v) is 2.29. The van der Waals surface area contributed by atoms with E-state index in [0.717, 1.165) is 17.0 Å². The number of halogens is 1. The van der Waals surface area contributed by atoms with E-state index in [-0.39, 0.29) is 0 Å². The molecule has 0 aliphatic carbocycles. The van der Waals surface area contributed by atoms with Crippen LogP contribution in [0.3, 0.4) is 0 Å². The fourth-order valence-electron chi connectivity index (χ4n) is 1.65. The van der Waals surface area contributed by atoms with Gasteiger partial charge in [-0.15, -0.1) is 0 Å². The van der Waals surface area contributed by atoms with E-state index >= 15 is 0 Å². The quantitative estimate of drug-likeness (QED) is 0.715. The van der Waals surface area contributed by atoms with Gasteiger partial charge in [-0.05, 0) is 12.1 Å². The number of benzene rings is 1. The van der Waals surface area contributed by atoms with Crippen LogP contribution in [0, 0.1) is 0 Å². The van der Waals surface area contributed by atoms with Gasteiger partial charge in [0.2, 0.25) is 0 Å². The van der Waals surface area contributed by atoms with Gasteiger partial charge in [0.15, 0.2) is 0 Å². The minimum atomic E-state index is -0.802. The van der Waals surface area contributed by atoms with Gasteiger partial charge >= 0.3 is 0 Å². The summed E-state index contributed by atoms with van der Waals surface area (Å²) in [6.45, 7) is 0.403. The normalized spacial score (nSPS) is 20.3. The van der Waals surface area contributed by atoms with Crippen molar-refractivity contribution < 1.29 is 9.13 Å². The Labute approximate surface area is 76.7 Å². The summed E-state index contributed by atoms with van der Waals surface area (Å²) in [5, 5.41) is 3.03. The number of alkyl halides is 1. The van der Waals surface area contributed by atoms with Crippen LogP contribution >= 0.6 is 0 Å². The second-order valence-corrected chi connectivity index (χ2v) is 3.17. The van der Waals surface area contributed by atoms with E-state index in [9.17, 15) is 4.39 Å². The molecule has 0 amide bonds. The second kappa shape index (κ2) is 3.24. The van der Waals surface area contributed by atoms with E-state index in [1.165, 1.54) is 0 Å². The molecule has 0 aromatic heterocycles. The highest BCUT2D eigenvalue weighted by Gasteiger charge is 2.19. The molecule has 1 aliphatic rings. The molecular formula is C10H12FNO. The van der Waals surface area contributed by atoms with Crippen molar-refractivity contribution in [2.24, 2.45) is 0 Å². The Morgan fingerprint density at radius 1 is 1.54 bits per heavy atom. The summed E-state index contributed by atoms with van der Waals surface area (Å²) < 4.78 is 18.2. The van der Waals surface area contributed by atoms with Gasteiger partial charge in [0, 0.05) is 24.2 Å². The molecule has 0 saturated heterocycles. The number of rotatable bonds is 1. The summed E-state index contributed by atoms with van der Waals surface area (Å²) in [7, 11) is 1.61. The topological polar surface area (TPSA) is 21.3 Å². The van der Waals surface area contributed by atoms with E-state index in [4.69, 9.17) is 4.74 Å². The predicted octanol–water partition coefficient (Wildman–Crippen LogP) is 2.00. The lowest BCUT2D eigenvalue weighted by molar-refractivity contribution is 0.333. The summed E-state index contributed by atoms with van der Waals surface area (Å²) in [5.74, 6) is 0.771. The molecule has 1 unspecified atom stereocenters. The molecule has 0 bridgehead atoms. The van der Waals surface area contributed by atoms with Crippen LogP contribution < -0.4 is 10.1 Å². The number of hydrogen-bond donors (Lipinski definition) is 1. The van der Waals surface area contributed by atoms with Crippen LogP contribution in [0.25, 0.3) is 0 Å². The summed E-state index contributed by atoms with van der Waals surface area (Å²) in [5.41, 5.74) is 1.94. The lowest BCUT2D eigenvalue weighted by Crippen LogP contribution is -2.24. The lowest BCUT2D eigenvalue weighted by Gasteiger charge is -2.22. The molecular weight excluding hydrogens is 169 g/mol. The largest absolute Gasteiger partial charge is 0.496 e. The zero-order chi connectivity index (χ0) is 9.26. The second-order valence-electron chi connectivity index (χ2n) is 3.17. The number of ether oxygens (including phenoxy) is 1. The van der Waals surface area contributed by atoms with Crippen molar-refractivity contribution in [1.29, 1.82) is 0 Å². The van der Waals surface area contributed by atoms with Crippen molar-refractivity contribution in [3.63, 3.8) is 0 Å². The number of nitrogens with one attached hydrogen (secondary N) is 1. The number of hydrogen-bond acceptors (Lipinski definition) is 2. The molecule has 2 rings (SSSR count). The Morgan fingerprint density at radius 3 is 3.15 bits per heavy atom. The molecule has 2 nitrogen and oxygen atoms in total. The van der Waals surface area contributed by atoms with Gasteiger partial charge < -0.3 is 10.1 Å². The van der Waals surface area contributed by atoms with Crippen molar-refractivity contribution >= 4 is 5.69 Å². The van der Waals surface area contributed by atoms with Crippen LogP contribution in [-0.2, 0) is 6.42 Å². The molecule has 1 atom stereocenters.